The number of ketones is 2. The zero-order valence-corrected chi connectivity index (χ0v) is 21.5. The van der Waals surface area contributed by atoms with E-state index in [2.05, 4.69) is 20.8 Å². The van der Waals surface area contributed by atoms with Crippen LogP contribution in [0.15, 0.2) is 23.3 Å². The van der Waals surface area contributed by atoms with Gasteiger partial charge >= 0.3 is 5.97 Å². The average Bonchev–Trinajstić information content (AvgIpc) is 2.81. The summed E-state index contributed by atoms with van der Waals surface area (Å²) in [4.78, 5) is 39.8. The van der Waals surface area contributed by atoms with Gasteiger partial charge in [-0.3, -0.25) is 14.4 Å². The van der Waals surface area contributed by atoms with Crippen molar-refractivity contribution < 1.29 is 24.2 Å². The zero-order valence-electron chi connectivity index (χ0n) is 21.5. The van der Waals surface area contributed by atoms with Gasteiger partial charge in [0.1, 0.15) is 12.2 Å². The minimum absolute atomic E-state index is 0.0154. The maximum absolute atomic E-state index is 14.0. The lowest BCUT2D eigenvalue weighted by Crippen LogP contribution is -2.61. The van der Waals surface area contributed by atoms with Crippen molar-refractivity contribution in [1.29, 1.82) is 5.26 Å². The fourth-order valence-corrected chi connectivity index (χ4v) is 9.08. The molecule has 188 valence electrons. The molecule has 0 amide bonds. The van der Waals surface area contributed by atoms with E-state index < -0.39 is 22.7 Å². The van der Waals surface area contributed by atoms with E-state index in [0.29, 0.717) is 6.42 Å². The molecule has 0 spiro atoms. The number of hydrogen-bond donors (Lipinski definition) is 1. The van der Waals surface area contributed by atoms with Crippen molar-refractivity contribution >= 4 is 17.5 Å². The first-order chi connectivity index (χ1) is 16.3. The maximum atomic E-state index is 14.0. The van der Waals surface area contributed by atoms with Crippen molar-refractivity contribution in [3.63, 3.8) is 0 Å². The van der Waals surface area contributed by atoms with Crippen LogP contribution in [0.1, 0.15) is 72.6 Å². The standard InChI is InChI=1S/C29H37NO5/c1-26(2)10-11-29(25(34)35-5)9-7-17-22(19(29)14-26)20(31)12-21-27(17,3)8-6-18-24(33)23(32)16(15-30)13-28(18,21)4/h12-13,17-19,22,24,33H,6-11,14H2,1-5H3. The van der Waals surface area contributed by atoms with Gasteiger partial charge in [-0.05, 0) is 73.7 Å². The van der Waals surface area contributed by atoms with Crippen LogP contribution in [0, 0.1) is 56.7 Å². The van der Waals surface area contributed by atoms with Crippen molar-refractivity contribution in [3.05, 3.63) is 23.3 Å². The minimum Gasteiger partial charge on any atom is -0.469 e. The van der Waals surface area contributed by atoms with Gasteiger partial charge in [0.25, 0.3) is 0 Å². The van der Waals surface area contributed by atoms with Crippen molar-refractivity contribution in [1.82, 2.24) is 0 Å². The highest BCUT2D eigenvalue weighted by Crippen LogP contribution is 2.69. The first-order valence-electron chi connectivity index (χ1n) is 13.0. The maximum Gasteiger partial charge on any atom is 0.312 e. The molecule has 0 aromatic heterocycles. The molecule has 0 aromatic carbocycles. The van der Waals surface area contributed by atoms with Gasteiger partial charge in [0, 0.05) is 17.3 Å². The van der Waals surface area contributed by atoms with Crippen LogP contribution in [0.5, 0.6) is 0 Å². The molecule has 0 bridgehead atoms. The molecule has 35 heavy (non-hydrogen) atoms. The third-order valence-corrected chi connectivity index (χ3v) is 10.9. The SMILES string of the molecule is COC(=O)C12CCC3C(C(=O)C=C4C5(C)C=C(C#N)C(=O)C(O)C5CCC43C)C1CC(C)(C)CC2. The predicted octanol–water partition coefficient (Wildman–Crippen LogP) is 4.32. The Balaban J connectivity index is 1.64. The molecule has 6 heteroatoms. The number of nitrogens with zero attached hydrogens (tertiary/aromatic N) is 1. The summed E-state index contributed by atoms with van der Waals surface area (Å²) in [5.41, 5.74) is -0.645. The van der Waals surface area contributed by atoms with Crippen LogP contribution >= 0.6 is 0 Å². The van der Waals surface area contributed by atoms with Crippen LogP contribution in [-0.4, -0.2) is 35.9 Å². The molecule has 0 saturated heterocycles. The lowest BCUT2D eigenvalue weighted by molar-refractivity contribution is -0.178. The molecule has 3 saturated carbocycles. The number of ether oxygens (including phenoxy) is 1. The van der Waals surface area contributed by atoms with Crippen LogP contribution < -0.4 is 0 Å². The van der Waals surface area contributed by atoms with E-state index in [0.717, 1.165) is 44.1 Å². The Labute approximate surface area is 207 Å². The summed E-state index contributed by atoms with van der Waals surface area (Å²) in [6.07, 6.45) is 7.70. The van der Waals surface area contributed by atoms with Crippen molar-refractivity contribution in [2.45, 2.75) is 78.7 Å². The number of hydrogen-bond acceptors (Lipinski definition) is 6. The molecular formula is C29H37NO5. The molecule has 0 heterocycles. The smallest absolute Gasteiger partial charge is 0.312 e. The van der Waals surface area contributed by atoms with Crippen LogP contribution in [0.25, 0.3) is 0 Å². The second-order valence-electron chi connectivity index (χ2n) is 13.1. The third kappa shape index (κ3) is 3.13. The Morgan fingerprint density at radius 2 is 1.74 bits per heavy atom. The number of allylic oxidation sites excluding steroid dienone is 3. The second kappa shape index (κ2) is 7.62. The topological polar surface area (TPSA) is 104 Å². The van der Waals surface area contributed by atoms with Gasteiger partial charge < -0.3 is 9.84 Å². The van der Waals surface area contributed by atoms with E-state index in [-0.39, 0.29) is 51.8 Å². The zero-order chi connectivity index (χ0) is 25.6. The van der Waals surface area contributed by atoms with E-state index in [9.17, 15) is 24.8 Å². The summed E-state index contributed by atoms with van der Waals surface area (Å²) in [6.45, 7) is 8.67. The van der Waals surface area contributed by atoms with E-state index in [1.165, 1.54) is 7.11 Å². The fraction of sp³-hybridized carbons (Fsp3) is 0.724. The minimum atomic E-state index is -1.23. The normalized spacial score (nSPS) is 46.0. The number of nitriles is 1. The molecule has 8 unspecified atom stereocenters. The highest BCUT2D eigenvalue weighted by molar-refractivity contribution is 6.04. The van der Waals surface area contributed by atoms with Crippen LogP contribution in [0.4, 0.5) is 0 Å². The number of carbonyl (C=O) groups excluding carboxylic acids is 3. The number of rotatable bonds is 1. The number of aliphatic hydroxyl groups excluding tert-OH is 1. The number of fused-ring (bicyclic) bond motifs is 7. The van der Waals surface area contributed by atoms with Gasteiger partial charge in [-0.1, -0.05) is 39.3 Å². The first-order valence-corrected chi connectivity index (χ1v) is 13.0. The van der Waals surface area contributed by atoms with Crippen LogP contribution in [0.3, 0.4) is 0 Å². The summed E-state index contributed by atoms with van der Waals surface area (Å²) in [5, 5.41) is 20.4. The van der Waals surface area contributed by atoms with E-state index >= 15 is 0 Å². The average molecular weight is 480 g/mol. The molecule has 0 radical (unpaired) electrons. The number of methoxy groups -OCH3 is 1. The molecular weight excluding hydrogens is 442 g/mol. The Kier molecular flexibility index (Phi) is 5.32. The van der Waals surface area contributed by atoms with E-state index in [4.69, 9.17) is 4.74 Å². The summed E-state index contributed by atoms with van der Waals surface area (Å²) >= 11 is 0. The fourth-order valence-electron chi connectivity index (χ4n) is 9.08. The summed E-state index contributed by atoms with van der Waals surface area (Å²) in [6, 6.07) is 1.98. The Hall–Kier alpha value is -2.26. The van der Waals surface area contributed by atoms with Crippen LogP contribution in [0.2, 0.25) is 0 Å². The van der Waals surface area contributed by atoms with Gasteiger partial charge in [-0.25, -0.2) is 0 Å². The molecule has 3 fully saturated rings. The Bertz CT molecular complexity index is 1110. The third-order valence-electron chi connectivity index (χ3n) is 10.9. The quantitative estimate of drug-likeness (QED) is 0.562. The molecule has 5 aliphatic rings. The highest BCUT2D eigenvalue weighted by Gasteiger charge is 2.66. The van der Waals surface area contributed by atoms with Crippen molar-refractivity contribution in [2.24, 2.45) is 45.3 Å². The second-order valence-corrected chi connectivity index (χ2v) is 13.1. The number of carbonyl (C=O) groups is 3. The van der Waals surface area contributed by atoms with Gasteiger partial charge in [-0.2, -0.15) is 5.26 Å². The predicted molar refractivity (Wildman–Crippen MR) is 129 cm³/mol. The van der Waals surface area contributed by atoms with E-state index in [1.807, 2.05) is 13.0 Å². The Morgan fingerprint density at radius 1 is 1.06 bits per heavy atom. The van der Waals surface area contributed by atoms with Gasteiger partial charge in [-0.15, -0.1) is 0 Å². The first kappa shape index (κ1) is 24.4. The van der Waals surface area contributed by atoms with E-state index in [1.54, 1.807) is 12.2 Å². The molecule has 5 rings (SSSR count). The summed E-state index contributed by atoms with van der Waals surface area (Å²) in [7, 11) is 1.46. The largest absolute Gasteiger partial charge is 0.469 e. The number of esters is 1. The molecule has 1 N–H and O–H groups in total. The van der Waals surface area contributed by atoms with Crippen molar-refractivity contribution in [2.75, 3.05) is 7.11 Å². The molecule has 6 nitrogen and oxygen atoms in total. The van der Waals surface area contributed by atoms with Crippen molar-refractivity contribution in [3.8, 4) is 6.07 Å². The molecule has 5 aliphatic carbocycles. The van der Waals surface area contributed by atoms with Gasteiger partial charge in [0.2, 0.25) is 5.78 Å². The highest BCUT2D eigenvalue weighted by atomic mass is 16.5. The summed E-state index contributed by atoms with van der Waals surface area (Å²) < 4.78 is 5.33. The number of aliphatic hydroxyl groups is 1. The molecule has 8 atom stereocenters. The monoisotopic (exact) mass is 479 g/mol. The summed E-state index contributed by atoms with van der Waals surface area (Å²) in [5.74, 6) is -1.20. The lowest BCUT2D eigenvalue weighted by Gasteiger charge is -2.63. The molecule has 0 aromatic rings. The Morgan fingerprint density at radius 3 is 2.40 bits per heavy atom. The van der Waals surface area contributed by atoms with Gasteiger partial charge in [0.05, 0.1) is 18.1 Å². The number of Topliss-reactive ketones (excluding diaryl/α,β-unsaturated/α-hetero) is 1. The van der Waals surface area contributed by atoms with Gasteiger partial charge in [0.15, 0.2) is 5.78 Å². The van der Waals surface area contributed by atoms with Crippen LogP contribution in [-0.2, 0) is 19.1 Å². The molecule has 0 aliphatic heterocycles. The lowest BCUT2D eigenvalue weighted by atomic mass is 9.39.